The summed E-state index contributed by atoms with van der Waals surface area (Å²) in [7, 11) is 0. The van der Waals surface area contributed by atoms with Crippen molar-refractivity contribution in [1.82, 2.24) is 10.6 Å². The quantitative estimate of drug-likeness (QED) is 0.709. The maximum atomic E-state index is 12.1. The summed E-state index contributed by atoms with van der Waals surface area (Å²) >= 11 is 0. The fraction of sp³-hybridized carbons (Fsp3) is 0.500. The lowest BCUT2D eigenvalue weighted by molar-refractivity contribution is 0.0935. The minimum atomic E-state index is -0.208. The van der Waals surface area contributed by atoms with Crippen LogP contribution < -0.4 is 10.6 Å². The maximum Gasteiger partial charge on any atom is 0.251 e. The van der Waals surface area contributed by atoms with E-state index in [9.17, 15) is 14.7 Å². The van der Waals surface area contributed by atoms with E-state index in [2.05, 4.69) is 10.6 Å². The molecule has 1 aliphatic rings. The number of carbonyl (C=O) groups excluding carboxylic acids is 2. The van der Waals surface area contributed by atoms with Crippen molar-refractivity contribution < 1.29 is 14.7 Å². The van der Waals surface area contributed by atoms with Crippen molar-refractivity contribution in [3.05, 3.63) is 35.4 Å². The molecule has 3 N–H and O–H groups in total. The fourth-order valence-electron chi connectivity index (χ4n) is 2.08. The molecule has 1 aromatic carbocycles. The van der Waals surface area contributed by atoms with Crippen molar-refractivity contribution in [2.24, 2.45) is 5.41 Å². The monoisotopic (exact) mass is 290 g/mol. The Kier molecular flexibility index (Phi) is 4.96. The molecule has 1 aliphatic carbocycles. The number of nitrogens with one attached hydrogen (secondary N) is 2. The number of aliphatic hydroxyl groups excluding tert-OH is 1. The van der Waals surface area contributed by atoms with Crippen LogP contribution in [0.25, 0.3) is 0 Å². The van der Waals surface area contributed by atoms with Crippen molar-refractivity contribution in [3.8, 4) is 0 Å². The zero-order valence-electron chi connectivity index (χ0n) is 12.3. The van der Waals surface area contributed by atoms with Crippen LogP contribution in [0.3, 0.4) is 0 Å². The summed E-state index contributed by atoms with van der Waals surface area (Å²) in [6, 6.07) is 6.68. The third-order valence-electron chi connectivity index (χ3n) is 3.84. The summed E-state index contributed by atoms with van der Waals surface area (Å²) in [5, 5.41) is 14.9. The third kappa shape index (κ3) is 4.04. The van der Waals surface area contributed by atoms with Gasteiger partial charge in [0.1, 0.15) is 0 Å². The van der Waals surface area contributed by atoms with Crippen LogP contribution in [0.4, 0.5) is 0 Å². The Bertz CT molecular complexity index is 524. The lowest BCUT2D eigenvalue weighted by Crippen LogP contribution is -2.32. The first-order valence-corrected chi connectivity index (χ1v) is 7.37. The molecule has 1 fully saturated rings. The van der Waals surface area contributed by atoms with Gasteiger partial charge >= 0.3 is 0 Å². The molecule has 21 heavy (non-hydrogen) atoms. The van der Waals surface area contributed by atoms with E-state index in [1.54, 1.807) is 24.3 Å². The predicted molar refractivity (Wildman–Crippen MR) is 80.2 cm³/mol. The van der Waals surface area contributed by atoms with Crippen LogP contribution in [0.15, 0.2) is 24.3 Å². The van der Waals surface area contributed by atoms with Gasteiger partial charge in [0.15, 0.2) is 0 Å². The van der Waals surface area contributed by atoms with Crippen molar-refractivity contribution in [3.63, 3.8) is 0 Å². The highest BCUT2D eigenvalue weighted by atomic mass is 16.3. The number of amides is 2. The molecule has 1 saturated carbocycles. The maximum absolute atomic E-state index is 12.1. The molecule has 114 valence electrons. The molecule has 5 heteroatoms. The lowest BCUT2D eigenvalue weighted by atomic mass is 10.1. The summed E-state index contributed by atoms with van der Waals surface area (Å²) < 4.78 is 0. The predicted octanol–water partition coefficient (Wildman–Crippen LogP) is 1.33. The number of hydrogen-bond donors (Lipinski definition) is 3. The van der Waals surface area contributed by atoms with Gasteiger partial charge in [0, 0.05) is 29.6 Å². The van der Waals surface area contributed by atoms with E-state index in [0.717, 1.165) is 19.3 Å². The zero-order valence-corrected chi connectivity index (χ0v) is 12.3. The van der Waals surface area contributed by atoms with E-state index in [0.29, 0.717) is 24.2 Å². The van der Waals surface area contributed by atoms with Crippen LogP contribution in [0.1, 0.15) is 46.9 Å². The molecule has 1 aromatic rings. The van der Waals surface area contributed by atoms with Gasteiger partial charge in [0.25, 0.3) is 11.8 Å². The average molecular weight is 290 g/mol. The molecule has 0 atom stereocenters. The van der Waals surface area contributed by atoms with Gasteiger partial charge in [-0.25, -0.2) is 0 Å². The van der Waals surface area contributed by atoms with Crippen molar-refractivity contribution in [1.29, 1.82) is 0 Å². The molecule has 5 nitrogen and oxygen atoms in total. The van der Waals surface area contributed by atoms with Crippen LogP contribution in [-0.2, 0) is 0 Å². The summed E-state index contributed by atoms with van der Waals surface area (Å²) in [6.07, 6.45) is 2.77. The van der Waals surface area contributed by atoms with E-state index in [4.69, 9.17) is 0 Å². The van der Waals surface area contributed by atoms with E-state index in [1.165, 1.54) is 0 Å². The molecule has 0 heterocycles. The average Bonchev–Trinajstić information content (AvgIpc) is 3.31. The Hall–Kier alpha value is -1.88. The molecule has 0 bridgehead atoms. The fourth-order valence-corrected chi connectivity index (χ4v) is 2.08. The molecule has 0 unspecified atom stereocenters. The van der Waals surface area contributed by atoms with Crippen LogP contribution in [0, 0.1) is 5.41 Å². The normalized spacial score (nSPS) is 15.3. The number of carbonyl (C=O) groups is 2. The van der Waals surface area contributed by atoms with Gasteiger partial charge in [-0.3, -0.25) is 9.59 Å². The largest absolute Gasteiger partial charge is 0.396 e. The van der Waals surface area contributed by atoms with E-state index in [-0.39, 0.29) is 23.8 Å². The Morgan fingerprint density at radius 3 is 2.33 bits per heavy atom. The molecule has 0 radical (unpaired) electrons. The second-order valence-electron chi connectivity index (χ2n) is 5.68. The van der Waals surface area contributed by atoms with Crippen LogP contribution in [-0.4, -0.2) is 36.6 Å². The first-order valence-electron chi connectivity index (χ1n) is 7.37. The van der Waals surface area contributed by atoms with Crippen molar-refractivity contribution in [2.45, 2.75) is 26.2 Å². The molecule has 0 aromatic heterocycles. The summed E-state index contributed by atoms with van der Waals surface area (Å²) in [5.74, 6) is -0.375. The lowest BCUT2D eigenvalue weighted by Gasteiger charge is -2.13. The van der Waals surface area contributed by atoms with Gasteiger partial charge in [-0.2, -0.15) is 0 Å². The van der Waals surface area contributed by atoms with Gasteiger partial charge in [0.2, 0.25) is 0 Å². The molecular formula is C16H22N2O3. The summed E-state index contributed by atoms with van der Waals surface area (Å²) in [6.45, 7) is 3.19. The highest BCUT2D eigenvalue weighted by Gasteiger charge is 2.42. The highest BCUT2D eigenvalue weighted by molar-refractivity contribution is 5.99. The Morgan fingerprint density at radius 2 is 1.81 bits per heavy atom. The van der Waals surface area contributed by atoms with E-state index >= 15 is 0 Å². The smallest absolute Gasteiger partial charge is 0.251 e. The summed E-state index contributed by atoms with van der Waals surface area (Å²) in [5.41, 5.74) is 0.832. The number of aliphatic hydroxyl groups is 1. The first-order chi connectivity index (χ1) is 10.1. The Morgan fingerprint density at radius 1 is 1.19 bits per heavy atom. The van der Waals surface area contributed by atoms with Gasteiger partial charge in [-0.1, -0.05) is 13.0 Å². The molecular weight excluding hydrogens is 268 g/mol. The van der Waals surface area contributed by atoms with Gasteiger partial charge in [-0.15, -0.1) is 0 Å². The molecule has 2 amide bonds. The second kappa shape index (κ2) is 6.72. The number of hydrogen-bond acceptors (Lipinski definition) is 3. The Labute approximate surface area is 124 Å². The minimum absolute atomic E-state index is 0.104. The molecule has 2 rings (SSSR count). The van der Waals surface area contributed by atoms with E-state index in [1.807, 2.05) is 6.92 Å². The molecule has 0 saturated heterocycles. The second-order valence-corrected chi connectivity index (χ2v) is 5.68. The topological polar surface area (TPSA) is 78.4 Å². The van der Waals surface area contributed by atoms with Crippen molar-refractivity contribution >= 4 is 11.8 Å². The van der Waals surface area contributed by atoms with Crippen LogP contribution in [0.5, 0.6) is 0 Å². The van der Waals surface area contributed by atoms with Crippen molar-refractivity contribution in [2.75, 3.05) is 19.7 Å². The van der Waals surface area contributed by atoms with E-state index < -0.39 is 0 Å². The standard InChI is InChI=1S/C16H22N2O3/c1-2-8-17-14(20)12-4-3-5-13(9-12)15(21)18-10-16(11-19)6-7-16/h3-5,9,19H,2,6-8,10-11H2,1H3,(H,17,20)(H,18,21). The minimum Gasteiger partial charge on any atom is -0.396 e. The van der Waals surface area contributed by atoms with Gasteiger partial charge < -0.3 is 15.7 Å². The van der Waals surface area contributed by atoms with Gasteiger partial charge in [-0.05, 0) is 37.5 Å². The zero-order chi connectivity index (χ0) is 15.3. The molecule has 0 aliphatic heterocycles. The van der Waals surface area contributed by atoms with Crippen LogP contribution in [0.2, 0.25) is 0 Å². The Balaban J connectivity index is 1.96. The summed E-state index contributed by atoms with van der Waals surface area (Å²) in [4.78, 5) is 24.0. The van der Waals surface area contributed by atoms with Crippen LogP contribution >= 0.6 is 0 Å². The first kappa shape index (κ1) is 15.5. The van der Waals surface area contributed by atoms with Gasteiger partial charge in [0.05, 0.1) is 6.61 Å². The molecule has 0 spiro atoms. The highest BCUT2D eigenvalue weighted by Crippen LogP contribution is 2.44. The number of rotatable bonds is 7. The number of benzene rings is 1. The SMILES string of the molecule is CCCNC(=O)c1cccc(C(=O)NCC2(CO)CC2)c1. The third-order valence-corrected chi connectivity index (χ3v) is 3.84.